The van der Waals surface area contributed by atoms with Gasteiger partial charge in [-0.2, -0.15) is 0 Å². The molecule has 1 aromatic rings. The molecular weight excluding hydrogens is 491 g/mol. The summed E-state index contributed by atoms with van der Waals surface area (Å²) in [7, 11) is -1.96. The standard InChI is InChI=1S/C19H32N4O3S.HI/c1-4-20-19(23-12-5-6-16(2)15-23)21-14-17-7-9-18(10-8-17)27(24,25)22-11-13-26-3;/h7-10,16,22H,4-6,11-15H2,1-3H3,(H,20,21);1H. The number of likely N-dealkylation sites (tertiary alicyclic amines) is 1. The fourth-order valence-electron chi connectivity index (χ4n) is 3.11. The molecule has 0 spiro atoms. The Bertz CT molecular complexity index is 710. The highest BCUT2D eigenvalue weighted by Gasteiger charge is 2.19. The van der Waals surface area contributed by atoms with Crippen LogP contribution in [0, 0.1) is 5.92 Å². The van der Waals surface area contributed by atoms with Crippen molar-refractivity contribution in [1.29, 1.82) is 0 Å². The van der Waals surface area contributed by atoms with E-state index in [1.165, 1.54) is 20.0 Å². The molecule has 28 heavy (non-hydrogen) atoms. The van der Waals surface area contributed by atoms with Crippen LogP contribution < -0.4 is 10.0 Å². The van der Waals surface area contributed by atoms with Crippen LogP contribution in [0.3, 0.4) is 0 Å². The van der Waals surface area contributed by atoms with Gasteiger partial charge in [-0.15, -0.1) is 24.0 Å². The van der Waals surface area contributed by atoms with Crippen LogP contribution in [0.5, 0.6) is 0 Å². The molecule has 7 nitrogen and oxygen atoms in total. The summed E-state index contributed by atoms with van der Waals surface area (Å²) >= 11 is 0. The Labute approximate surface area is 186 Å². The molecule has 0 radical (unpaired) electrons. The quantitative estimate of drug-likeness (QED) is 0.236. The third kappa shape index (κ3) is 7.84. The number of benzene rings is 1. The maximum absolute atomic E-state index is 12.2. The fraction of sp³-hybridized carbons (Fsp3) is 0.632. The lowest BCUT2D eigenvalue weighted by Gasteiger charge is -2.33. The number of nitrogens with one attached hydrogen (secondary N) is 2. The minimum Gasteiger partial charge on any atom is -0.383 e. The molecule has 0 aliphatic carbocycles. The van der Waals surface area contributed by atoms with E-state index in [1.807, 2.05) is 12.1 Å². The molecule has 2 rings (SSSR count). The average Bonchev–Trinajstić information content (AvgIpc) is 2.65. The summed E-state index contributed by atoms with van der Waals surface area (Å²) in [6.45, 7) is 8.34. The van der Waals surface area contributed by atoms with Crippen LogP contribution in [-0.4, -0.2) is 59.2 Å². The molecule has 1 saturated heterocycles. The Morgan fingerprint density at radius 2 is 2.04 bits per heavy atom. The van der Waals surface area contributed by atoms with Gasteiger partial charge in [-0.05, 0) is 43.4 Å². The molecule has 0 amide bonds. The number of hydrogen-bond donors (Lipinski definition) is 2. The Morgan fingerprint density at radius 1 is 1.32 bits per heavy atom. The molecule has 160 valence electrons. The van der Waals surface area contributed by atoms with Gasteiger partial charge in [-0.25, -0.2) is 18.1 Å². The molecule has 1 aliphatic heterocycles. The summed E-state index contributed by atoms with van der Waals surface area (Å²) in [4.78, 5) is 7.31. The first-order chi connectivity index (χ1) is 13.0. The number of aliphatic imine (C=N–C) groups is 1. The van der Waals surface area contributed by atoms with Gasteiger partial charge in [0.05, 0.1) is 18.0 Å². The van der Waals surface area contributed by atoms with Gasteiger partial charge in [-0.3, -0.25) is 0 Å². The minimum atomic E-state index is -3.50. The monoisotopic (exact) mass is 524 g/mol. The second-order valence-electron chi connectivity index (χ2n) is 6.90. The highest BCUT2D eigenvalue weighted by molar-refractivity contribution is 14.0. The Kier molecular flexibility index (Phi) is 11.3. The van der Waals surface area contributed by atoms with E-state index in [2.05, 4.69) is 28.8 Å². The smallest absolute Gasteiger partial charge is 0.240 e. The van der Waals surface area contributed by atoms with Crippen molar-refractivity contribution < 1.29 is 13.2 Å². The number of nitrogens with zero attached hydrogens (tertiary/aromatic N) is 2. The highest BCUT2D eigenvalue weighted by atomic mass is 127. The summed E-state index contributed by atoms with van der Waals surface area (Å²) in [5, 5.41) is 3.37. The zero-order valence-corrected chi connectivity index (χ0v) is 20.1. The summed E-state index contributed by atoms with van der Waals surface area (Å²) in [5.74, 6) is 1.61. The van der Waals surface area contributed by atoms with Gasteiger partial charge in [0.25, 0.3) is 0 Å². The van der Waals surface area contributed by atoms with Crippen molar-refractivity contribution in [3.63, 3.8) is 0 Å². The fourth-order valence-corrected chi connectivity index (χ4v) is 4.12. The number of rotatable bonds is 8. The van der Waals surface area contributed by atoms with Crippen molar-refractivity contribution in [2.45, 2.75) is 38.1 Å². The number of sulfonamides is 1. The van der Waals surface area contributed by atoms with Crippen molar-refractivity contribution in [2.24, 2.45) is 10.9 Å². The van der Waals surface area contributed by atoms with Crippen LogP contribution in [0.25, 0.3) is 0 Å². The maximum atomic E-state index is 12.2. The molecule has 1 heterocycles. The molecular formula is C19H33IN4O3S. The van der Waals surface area contributed by atoms with Crippen LogP contribution in [0.4, 0.5) is 0 Å². The number of methoxy groups -OCH3 is 1. The SMILES string of the molecule is CCNC(=NCc1ccc(S(=O)(=O)NCCOC)cc1)N1CCCC(C)C1.I. The molecule has 1 aliphatic rings. The lowest BCUT2D eigenvalue weighted by Crippen LogP contribution is -2.46. The summed E-state index contributed by atoms with van der Waals surface area (Å²) < 4.78 is 31.8. The van der Waals surface area contributed by atoms with E-state index >= 15 is 0 Å². The van der Waals surface area contributed by atoms with E-state index in [-0.39, 0.29) is 35.4 Å². The summed E-state index contributed by atoms with van der Waals surface area (Å²) in [6, 6.07) is 6.87. The molecule has 0 aromatic heterocycles. The van der Waals surface area contributed by atoms with E-state index in [0.717, 1.165) is 31.2 Å². The summed E-state index contributed by atoms with van der Waals surface area (Å²) in [6.07, 6.45) is 2.46. The first-order valence-electron chi connectivity index (χ1n) is 9.57. The molecule has 0 saturated carbocycles. The normalized spacial score (nSPS) is 17.9. The summed E-state index contributed by atoms with van der Waals surface area (Å²) in [5.41, 5.74) is 0.978. The number of hydrogen-bond acceptors (Lipinski definition) is 4. The first kappa shape index (κ1) is 25.1. The second-order valence-corrected chi connectivity index (χ2v) is 8.67. The number of piperidine rings is 1. The van der Waals surface area contributed by atoms with E-state index in [1.54, 1.807) is 12.1 Å². The first-order valence-corrected chi connectivity index (χ1v) is 11.1. The number of guanidine groups is 1. The lowest BCUT2D eigenvalue weighted by molar-refractivity contribution is 0.204. The van der Waals surface area contributed by atoms with Gasteiger partial charge in [0, 0.05) is 33.3 Å². The average molecular weight is 524 g/mol. The largest absolute Gasteiger partial charge is 0.383 e. The maximum Gasteiger partial charge on any atom is 0.240 e. The number of ether oxygens (including phenoxy) is 1. The van der Waals surface area contributed by atoms with Crippen LogP contribution >= 0.6 is 24.0 Å². The number of halogens is 1. The van der Waals surface area contributed by atoms with Crippen LogP contribution in [-0.2, 0) is 21.3 Å². The molecule has 1 atom stereocenters. The molecule has 2 N–H and O–H groups in total. The second kappa shape index (κ2) is 12.6. The van der Waals surface area contributed by atoms with Crippen molar-refractivity contribution in [3.05, 3.63) is 29.8 Å². The third-order valence-corrected chi connectivity index (χ3v) is 6.01. The molecule has 1 aromatic carbocycles. The van der Waals surface area contributed by atoms with Gasteiger partial charge in [-0.1, -0.05) is 19.1 Å². The molecule has 9 heteroatoms. The van der Waals surface area contributed by atoms with Gasteiger partial charge >= 0.3 is 0 Å². The van der Waals surface area contributed by atoms with Gasteiger partial charge < -0.3 is 15.0 Å². The van der Waals surface area contributed by atoms with Crippen molar-refractivity contribution in [3.8, 4) is 0 Å². The van der Waals surface area contributed by atoms with Crippen LogP contribution in [0.2, 0.25) is 0 Å². The minimum absolute atomic E-state index is 0. The highest BCUT2D eigenvalue weighted by Crippen LogP contribution is 2.16. The van der Waals surface area contributed by atoms with Crippen molar-refractivity contribution in [2.75, 3.05) is 39.9 Å². The van der Waals surface area contributed by atoms with Crippen molar-refractivity contribution in [1.82, 2.24) is 14.9 Å². The molecule has 1 unspecified atom stereocenters. The topological polar surface area (TPSA) is 83.0 Å². The molecule has 1 fully saturated rings. The Morgan fingerprint density at radius 3 is 2.64 bits per heavy atom. The third-order valence-electron chi connectivity index (χ3n) is 4.53. The van der Waals surface area contributed by atoms with Crippen LogP contribution in [0.1, 0.15) is 32.3 Å². The van der Waals surface area contributed by atoms with Gasteiger partial charge in [0.15, 0.2) is 5.96 Å². The zero-order valence-electron chi connectivity index (χ0n) is 17.0. The molecule has 0 bridgehead atoms. The predicted octanol–water partition coefficient (Wildman–Crippen LogP) is 2.43. The Balaban J connectivity index is 0.00000392. The van der Waals surface area contributed by atoms with Crippen LogP contribution in [0.15, 0.2) is 34.2 Å². The van der Waals surface area contributed by atoms with E-state index < -0.39 is 10.0 Å². The lowest BCUT2D eigenvalue weighted by atomic mass is 10.0. The van der Waals surface area contributed by atoms with E-state index in [0.29, 0.717) is 19.1 Å². The van der Waals surface area contributed by atoms with E-state index in [4.69, 9.17) is 9.73 Å². The zero-order chi connectivity index (χ0) is 19.7. The van der Waals surface area contributed by atoms with E-state index in [9.17, 15) is 8.42 Å². The van der Waals surface area contributed by atoms with Crippen molar-refractivity contribution >= 4 is 40.0 Å². The van der Waals surface area contributed by atoms with Gasteiger partial charge in [0.2, 0.25) is 10.0 Å². The Hall–Kier alpha value is -0.910. The van der Waals surface area contributed by atoms with Gasteiger partial charge in [0.1, 0.15) is 0 Å². The predicted molar refractivity (Wildman–Crippen MR) is 124 cm³/mol.